The summed E-state index contributed by atoms with van der Waals surface area (Å²) < 4.78 is 0. The molecule has 0 amide bonds. The molecule has 25 heavy (non-hydrogen) atoms. The molecule has 6 nitrogen and oxygen atoms in total. The summed E-state index contributed by atoms with van der Waals surface area (Å²) in [5.41, 5.74) is -1.70. The maximum Gasteiger partial charge on any atom is 2.00 e. The van der Waals surface area contributed by atoms with Gasteiger partial charge in [0.2, 0.25) is 0 Å². The van der Waals surface area contributed by atoms with Gasteiger partial charge in [-0.05, 0) is 25.7 Å². The van der Waals surface area contributed by atoms with E-state index in [-0.39, 0.29) is 63.8 Å². The van der Waals surface area contributed by atoms with E-state index in [0.29, 0.717) is 12.8 Å². The van der Waals surface area contributed by atoms with Crippen LogP contribution < -0.4 is 10.2 Å². The average molecular weight is 391 g/mol. The predicted molar refractivity (Wildman–Crippen MR) is 98.7 cm³/mol. The van der Waals surface area contributed by atoms with Gasteiger partial charge in [0.1, 0.15) is 0 Å². The number of hydrogen-bond donors (Lipinski definition) is 2. The van der Waals surface area contributed by atoms with Gasteiger partial charge in [0, 0.05) is 36.0 Å². The van der Waals surface area contributed by atoms with Crippen LogP contribution in [0.3, 0.4) is 0 Å². The first-order chi connectivity index (χ1) is 11.1. The molecule has 0 aromatic carbocycles. The SMILES string of the molecule is CC.CC.CCC(C)(CCO)C(=O)[O-].CCC(C)(CCO)C(=O)[O-].[Ca+2]. The summed E-state index contributed by atoms with van der Waals surface area (Å²) in [6, 6.07) is 0. The quantitative estimate of drug-likeness (QED) is 0.590. The Morgan fingerprint density at radius 3 is 1.00 bits per heavy atom. The number of aliphatic carboxylic acids is 2. The molecule has 0 heterocycles. The van der Waals surface area contributed by atoms with Gasteiger partial charge in [-0.15, -0.1) is 0 Å². The zero-order chi connectivity index (χ0) is 20.4. The summed E-state index contributed by atoms with van der Waals surface area (Å²) in [4.78, 5) is 20.8. The topological polar surface area (TPSA) is 121 Å². The first-order valence-corrected chi connectivity index (χ1v) is 8.78. The van der Waals surface area contributed by atoms with Gasteiger partial charge < -0.3 is 30.0 Å². The molecule has 0 aliphatic heterocycles. The number of carbonyl (C=O) groups excluding carboxylic acids is 2. The second-order valence-electron chi connectivity index (χ2n) is 5.35. The van der Waals surface area contributed by atoms with E-state index in [2.05, 4.69) is 0 Å². The molecule has 0 fully saturated rings. The first kappa shape index (κ1) is 36.1. The van der Waals surface area contributed by atoms with Crippen molar-refractivity contribution in [3.05, 3.63) is 0 Å². The van der Waals surface area contributed by atoms with E-state index in [9.17, 15) is 19.8 Å². The second-order valence-corrected chi connectivity index (χ2v) is 5.35. The Kier molecular flexibility index (Phi) is 32.0. The van der Waals surface area contributed by atoms with Crippen LogP contribution >= 0.6 is 0 Å². The van der Waals surface area contributed by atoms with Gasteiger partial charge >= 0.3 is 37.7 Å². The number of carboxylic acids is 2. The van der Waals surface area contributed by atoms with Crippen molar-refractivity contribution in [1.29, 1.82) is 0 Å². The van der Waals surface area contributed by atoms with Gasteiger partial charge in [0.05, 0.1) is 0 Å². The smallest absolute Gasteiger partial charge is 0.550 e. The summed E-state index contributed by atoms with van der Waals surface area (Å²) in [6.45, 7) is 14.5. The van der Waals surface area contributed by atoms with Gasteiger partial charge in [-0.2, -0.15) is 0 Å². The normalized spacial score (nSPS) is 13.5. The molecular formula is C18H38CaO6. The Hall–Kier alpha value is 0.120. The van der Waals surface area contributed by atoms with Crippen LogP contribution in [0.25, 0.3) is 0 Å². The molecule has 0 spiro atoms. The Labute approximate surface area is 184 Å². The Balaban J connectivity index is -0.0000000858. The fourth-order valence-corrected chi connectivity index (χ4v) is 1.34. The molecule has 0 saturated carbocycles. The molecule has 0 bridgehead atoms. The molecule has 0 radical (unpaired) electrons. The van der Waals surface area contributed by atoms with E-state index in [1.807, 2.05) is 27.7 Å². The van der Waals surface area contributed by atoms with Crippen LogP contribution in [0.4, 0.5) is 0 Å². The third-order valence-electron chi connectivity index (χ3n) is 3.87. The molecule has 0 aromatic heterocycles. The molecule has 0 aliphatic carbocycles. The third-order valence-corrected chi connectivity index (χ3v) is 3.87. The Morgan fingerprint density at radius 1 is 0.760 bits per heavy atom. The molecular weight excluding hydrogens is 352 g/mol. The van der Waals surface area contributed by atoms with E-state index < -0.39 is 22.8 Å². The summed E-state index contributed by atoms with van der Waals surface area (Å²) in [7, 11) is 0. The number of carbonyl (C=O) groups is 2. The fourth-order valence-electron chi connectivity index (χ4n) is 1.34. The summed E-state index contributed by atoms with van der Waals surface area (Å²) >= 11 is 0. The maximum atomic E-state index is 10.4. The second kappa shape index (κ2) is 22.2. The number of aliphatic hydroxyl groups excluding tert-OH is 2. The van der Waals surface area contributed by atoms with Crippen LogP contribution in [-0.2, 0) is 9.59 Å². The van der Waals surface area contributed by atoms with Crippen molar-refractivity contribution in [2.45, 2.75) is 81.1 Å². The molecule has 2 N–H and O–H groups in total. The minimum Gasteiger partial charge on any atom is -0.550 e. The summed E-state index contributed by atoms with van der Waals surface area (Å²) in [6.07, 6.45) is 1.53. The van der Waals surface area contributed by atoms with Gasteiger partial charge in [0.15, 0.2) is 0 Å². The predicted octanol–water partition coefficient (Wildman–Crippen LogP) is 0.742. The van der Waals surface area contributed by atoms with Crippen molar-refractivity contribution in [3.8, 4) is 0 Å². The third kappa shape index (κ3) is 17.3. The monoisotopic (exact) mass is 390 g/mol. The van der Waals surface area contributed by atoms with Crippen LogP contribution in [0.1, 0.15) is 81.1 Å². The van der Waals surface area contributed by atoms with E-state index in [1.165, 1.54) is 0 Å². The summed E-state index contributed by atoms with van der Waals surface area (Å²) in [5, 5.41) is 37.8. The van der Waals surface area contributed by atoms with Crippen molar-refractivity contribution in [2.24, 2.45) is 10.8 Å². The zero-order valence-corrected chi connectivity index (χ0v) is 19.7. The number of aliphatic hydroxyl groups is 2. The van der Waals surface area contributed by atoms with E-state index in [4.69, 9.17) is 10.2 Å². The van der Waals surface area contributed by atoms with Gasteiger partial charge in [0.25, 0.3) is 0 Å². The van der Waals surface area contributed by atoms with Crippen molar-refractivity contribution >= 4 is 49.7 Å². The van der Waals surface area contributed by atoms with E-state index in [0.717, 1.165) is 0 Å². The number of carboxylic acid groups (broad SMARTS) is 2. The zero-order valence-electron chi connectivity index (χ0n) is 17.5. The Bertz CT molecular complexity index is 282. The van der Waals surface area contributed by atoms with Gasteiger partial charge in [-0.3, -0.25) is 0 Å². The van der Waals surface area contributed by atoms with Gasteiger partial charge in [-0.1, -0.05) is 55.4 Å². The molecule has 0 saturated heterocycles. The van der Waals surface area contributed by atoms with Crippen molar-refractivity contribution in [3.63, 3.8) is 0 Å². The van der Waals surface area contributed by atoms with E-state index >= 15 is 0 Å². The Morgan fingerprint density at radius 2 is 0.960 bits per heavy atom. The van der Waals surface area contributed by atoms with E-state index in [1.54, 1.807) is 27.7 Å². The number of rotatable bonds is 8. The first-order valence-electron chi connectivity index (χ1n) is 8.78. The van der Waals surface area contributed by atoms with Crippen LogP contribution in [0.5, 0.6) is 0 Å². The van der Waals surface area contributed by atoms with Gasteiger partial charge in [-0.25, -0.2) is 0 Å². The van der Waals surface area contributed by atoms with Crippen molar-refractivity contribution < 1.29 is 30.0 Å². The minimum atomic E-state index is -1.08. The molecule has 2 atom stereocenters. The average Bonchev–Trinajstić information content (AvgIpc) is 2.59. The molecule has 0 aliphatic rings. The molecule has 0 rings (SSSR count). The molecule has 2 unspecified atom stereocenters. The van der Waals surface area contributed by atoms with Crippen LogP contribution in [0.15, 0.2) is 0 Å². The fraction of sp³-hybridized carbons (Fsp3) is 0.889. The van der Waals surface area contributed by atoms with Crippen molar-refractivity contribution in [1.82, 2.24) is 0 Å². The largest absolute Gasteiger partial charge is 2.00 e. The molecule has 7 heteroatoms. The number of hydrogen-bond acceptors (Lipinski definition) is 6. The summed E-state index contributed by atoms with van der Waals surface area (Å²) in [5.74, 6) is -2.16. The minimum absolute atomic E-state index is 0. The molecule has 148 valence electrons. The van der Waals surface area contributed by atoms with Crippen LogP contribution in [0.2, 0.25) is 0 Å². The van der Waals surface area contributed by atoms with Crippen molar-refractivity contribution in [2.75, 3.05) is 13.2 Å². The standard InChI is InChI=1S/2C7H14O3.2C2H6.Ca/c2*1-3-7(2,4-5-8)6(9)10;2*1-2;/h2*8H,3-5H2,1-2H3,(H,9,10);2*1-2H3;/q;;;;+2/p-2. The molecule has 0 aromatic rings. The maximum absolute atomic E-state index is 10.4. The van der Waals surface area contributed by atoms with Crippen LogP contribution in [0, 0.1) is 10.8 Å². The van der Waals surface area contributed by atoms with Crippen LogP contribution in [-0.4, -0.2) is 73.1 Å².